The van der Waals surface area contributed by atoms with Crippen LogP contribution in [0.25, 0.3) is 0 Å². The molecule has 3 rings (SSSR count). The van der Waals surface area contributed by atoms with Gasteiger partial charge in [-0.2, -0.15) is 4.39 Å². The number of oxime groups is 2. The number of benzene rings is 1. The quantitative estimate of drug-likeness (QED) is 0.647. The molecule has 2 aromatic rings. The van der Waals surface area contributed by atoms with E-state index in [1.807, 2.05) is 0 Å². The van der Waals surface area contributed by atoms with Gasteiger partial charge < -0.3 is 24.1 Å². The Bertz CT molecular complexity index is 880. The van der Waals surface area contributed by atoms with Gasteiger partial charge in [-0.3, -0.25) is 4.79 Å². The average Bonchev–Trinajstić information content (AvgIpc) is 2.65. The number of aromatic amines is 1. The van der Waals surface area contributed by atoms with Gasteiger partial charge >= 0.3 is 0 Å². The number of halogens is 1. The Hall–Kier alpha value is -3.43. The minimum atomic E-state index is -1.14. The Balaban J connectivity index is 2.02. The van der Waals surface area contributed by atoms with Crippen LogP contribution in [-0.4, -0.2) is 41.9 Å². The molecule has 0 unspecified atom stereocenters. The van der Waals surface area contributed by atoms with Crippen molar-refractivity contribution in [1.82, 2.24) is 9.97 Å². The summed E-state index contributed by atoms with van der Waals surface area (Å²) in [5.41, 5.74) is -0.375. The molecule has 0 atom stereocenters. The van der Waals surface area contributed by atoms with E-state index in [-0.39, 0.29) is 24.0 Å². The maximum Gasteiger partial charge on any atom is 0.290 e. The molecule has 25 heavy (non-hydrogen) atoms. The molecular formula is C15H13FN4O5. The SMILES string of the molecule is CO/N=C(/C1=NOCCO1)c1ccccc1Oc1nc[nH]c(=O)c1F. The molecule has 1 aromatic carbocycles. The lowest BCUT2D eigenvalue weighted by atomic mass is 10.1. The van der Waals surface area contributed by atoms with Crippen molar-refractivity contribution in [2.45, 2.75) is 0 Å². The summed E-state index contributed by atoms with van der Waals surface area (Å²) in [6.07, 6.45) is 1.04. The van der Waals surface area contributed by atoms with Crippen molar-refractivity contribution >= 4 is 11.6 Å². The highest BCUT2D eigenvalue weighted by Crippen LogP contribution is 2.26. The molecule has 1 aromatic heterocycles. The molecule has 2 heterocycles. The molecule has 9 nitrogen and oxygen atoms in total. The van der Waals surface area contributed by atoms with Crippen LogP contribution in [0, 0.1) is 5.82 Å². The Morgan fingerprint density at radius 1 is 1.36 bits per heavy atom. The van der Waals surface area contributed by atoms with Crippen molar-refractivity contribution in [2.24, 2.45) is 10.3 Å². The van der Waals surface area contributed by atoms with Gasteiger partial charge in [0.15, 0.2) is 12.3 Å². The molecule has 0 radical (unpaired) electrons. The maximum atomic E-state index is 13.9. The predicted molar refractivity (Wildman–Crippen MR) is 84.2 cm³/mol. The topological polar surface area (TPSA) is 107 Å². The van der Waals surface area contributed by atoms with E-state index < -0.39 is 17.3 Å². The number of nitrogens with one attached hydrogen (secondary N) is 1. The molecule has 0 fully saturated rings. The van der Waals surface area contributed by atoms with Crippen LogP contribution in [0.15, 0.2) is 45.7 Å². The zero-order valence-electron chi connectivity index (χ0n) is 13.1. The van der Waals surface area contributed by atoms with Crippen LogP contribution in [0.5, 0.6) is 11.6 Å². The molecule has 0 amide bonds. The summed E-state index contributed by atoms with van der Waals surface area (Å²) in [6, 6.07) is 6.55. The Kier molecular flexibility index (Phi) is 4.88. The summed E-state index contributed by atoms with van der Waals surface area (Å²) in [4.78, 5) is 27.0. The first-order valence-corrected chi connectivity index (χ1v) is 7.15. The largest absolute Gasteiger partial charge is 0.470 e. The number of para-hydroxylation sites is 1. The van der Waals surface area contributed by atoms with Gasteiger partial charge in [0.05, 0.1) is 11.9 Å². The second-order valence-electron chi connectivity index (χ2n) is 4.65. The van der Waals surface area contributed by atoms with Gasteiger partial charge in [0.2, 0.25) is 5.82 Å². The predicted octanol–water partition coefficient (Wildman–Crippen LogP) is 1.41. The number of rotatable bonds is 5. The Labute approximate surface area is 140 Å². The molecule has 1 aliphatic heterocycles. The number of aromatic nitrogens is 2. The summed E-state index contributed by atoms with van der Waals surface area (Å²) >= 11 is 0. The highest BCUT2D eigenvalue weighted by Gasteiger charge is 2.23. The molecule has 10 heteroatoms. The van der Waals surface area contributed by atoms with Crippen LogP contribution < -0.4 is 10.3 Å². The minimum absolute atomic E-state index is 0.0866. The van der Waals surface area contributed by atoms with Crippen LogP contribution in [-0.2, 0) is 14.4 Å². The highest BCUT2D eigenvalue weighted by atomic mass is 19.1. The minimum Gasteiger partial charge on any atom is -0.470 e. The third kappa shape index (κ3) is 3.57. The van der Waals surface area contributed by atoms with Gasteiger partial charge in [-0.1, -0.05) is 17.3 Å². The van der Waals surface area contributed by atoms with E-state index in [1.54, 1.807) is 24.3 Å². The van der Waals surface area contributed by atoms with Crippen LogP contribution in [0.3, 0.4) is 0 Å². The van der Waals surface area contributed by atoms with Crippen molar-refractivity contribution in [3.8, 4) is 11.6 Å². The summed E-state index contributed by atoms with van der Waals surface area (Å²) in [7, 11) is 1.35. The lowest BCUT2D eigenvalue weighted by Crippen LogP contribution is -2.26. The van der Waals surface area contributed by atoms with Gasteiger partial charge in [0, 0.05) is 0 Å². The van der Waals surface area contributed by atoms with Gasteiger partial charge in [-0.25, -0.2) is 4.98 Å². The first-order chi connectivity index (χ1) is 12.2. The summed E-state index contributed by atoms with van der Waals surface area (Å²) < 4.78 is 24.7. The first kappa shape index (κ1) is 16.4. The van der Waals surface area contributed by atoms with Crippen LogP contribution >= 0.6 is 0 Å². The number of hydrogen-bond donors (Lipinski definition) is 1. The Morgan fingerprint density at radius 3 is 2.96 bits per heavy atom. The average molecular weight is 348 g/mol. The zero-order valence-corrected chi connectivity index (χ0v) is 13.1. The molecule has 1 N–H and O–H groups in total. The van der Waals surface area contributed by atoms with Crippen molar-refractivity contribution < 1.29 is 23.5 Å². The molecule has 0 saturated carbocycles. The monoisotopic (exact) mass is 348 g/mol. The number of hydrogen-bond acceptors (Lipinski definition) is 8. The van der Waals surface area contributed by atoms with Crippen LogP contribution in [0.1, 0.15) is 5.56 Å². The van der Waals surface area contributed by atoms with Crippen LogP contribution in [0.4, 0.5) is 4.39 Å². The van der Waals surface area contributed by atoms with Gasteiger partial charge in [0.25, 0.3) is 17.3 Å². The second kappa shape index (κ2) is 7.43. The zero-order chi connectivity index (χ0) is 17.6. The van der Waals surface area contributed by atoms with E-state index >= 15 is 0 Å². The molecular weight excluding hydrogens is 335 g/mol. The summed E-state index contributed by atoms with van der Waals surface area (Å²) in [6.45, 7) is 0.596. The van der Waals surface area contributed by atoms with Crippen molar-refractivity contribution in [3.05, 3.63) is 52.3 Å². The van der Waals surface area contributed by atoms with E-state index in [4.69, 9.17) is 19.1 Å². The normalized spacial score (nSPS) is 14.2. The van der Waals surface area contributed by atoms with Crippen molar-refractivity contribution in [1.29, 1.82) is 0 Å². The molecule has 1 aliphatic rings. The highest BCUT2D eigenvalue weighted by molar-refractivity contribution is 6.45. The third-order valence-corrected chi connectivity index (χ3v) is 3.06. The van der Waals surface area contributed by atoms with Crippen LogP contribution in [0.2, 0.25) is 0 Å². The fourth-order valence-corrected chi connectivity index (χ4v) is 2.01. The molecule has 130 valence electrons. The smallest absolute Gasteiger partial charge is 0.290 e. The summed E-state index contributed by atoms with van der Waals surface area (Å²) in [5, 5.41) is 7.67. The third-order valence-electron chi connectivity index (χ3n) is 3.06. The van der Waals surface area contributed by atoms with Gasteiger partial charge in [0.1, 0.15) is 19.5 Å². The van der Waals surface area contributed by atoms with E-state index in [0.29, 0.717) is 12.2 Å². The maximum absolute atomic E-state index is 13.9. The van der Waals surface area contributed by atoms with Gasteiger partial charge in [-0.05, 0) is 17.3 Å². The summed E-state index contributed by atoms with van der Waals surface area (Å²) in [5.74, 6) is -1.36. The number of nitrogens with zero attached hydrogens (tertiary/aromatic N) is 3. The lowest BCUT2D eigenvalue weighted by molar-refractivity contribution is 0.0672. The lowest BCUT2D eigenvalue weighted by Gasteiger charge is -2.16. The second-order valence-corrected chi connectivity index (χ2v) is 4.65. The molecule has 0 aliphatic carbocycles. The van der Waals surface area contributed by atoms with Crippen molar-refractivity contribution in [2.75, 3.05) is 20.3 Å². The fraction of sp³-hybridized carbons (Fsp3) is 0.200. The number of ether oxygens (including phenoxy) is 2. The van der Waals surface area contributed by atoms with E-state index in [9.17, 15) is 9.18 Å². The van der Waals surface area contributed by atoms with E-state index in [0.717, 1.165) is 6.33 Å². The first-order valence-electron chi connectivity index (χ1n) is 7.15. The molecule has 0 spiro atoms. The van der Waals surface area contributed by atoms with E-state index in [2.05, 4.69) is 20.3 Å². The molecule has 0 saturated heterocycles. The fourth-order valence-electron chi connectivity index (χ4n) is 2.01. The standard InChI is InChI=1S/C15H13FN4O5/c1-22-19-12(15-20-24-7-6-23-15)9-4-2-3-5-10(9)25-14-11(16)13(21)17-8-18-14/h2-5,8H,6-7H2,1H3,(H,17,18,21)/b19-12+. The van der Waals surface area contributed by atoms with Crippen molar-refractivity contribution in [3.63, 3.8) is 0 Å². The Morgan fingerprint density at radius 2 is 2.20 bits per heavy atom. The number of H-pyrrole nitrogens is 1. The van der Waals surface area contributed by atoms with E-state index in [1.165, 1.54) is 7.11 Å². The molecule has 0 bridgehead atoms. The van der Waals surface area contributed by atoms with Gasteiger partial charge in [-0.15, -0.1) is 0 Å².